The van der Waals surface area contributed by atoms with Crippen LogP contribution in [0.1, 0.15) is 5.56 Å². The van der Waals surface area contributed by atoms with Gasteiger partial charge in [0, 0.05) is 0 Å². The van der Waals surface area contributed by atoms with Gasteiger partial charge in [-0.25, -0.2) is 0 Å². The molecule has 0 spiro atoms. The molecule has 7 nitrogen and oxygen atoms in total. The minimum absolute atomic E-state index is 0.157. The van der Waals surface area contributed by atoms with Crippen LogP contribution in [0.2, 0.25) is 0 Å². The first-order valence-electron chi connectivity index (χ1n) is 7.93. The van der Waals surface area contributed by atoms with Crippen LogP contribution >= 0.6 is 0 Å². The Kier molecular flexibility index (Phi) is 7.39. The summed E-state index contributed by atoms with van der Waals surface area (Å²) in [6.07, 6.45) is 0. The zero-order valence-electron chi connectivity index (χ0n) is 15.4. The molecule has 0 unspecified atom stereocenters. The van der Waals surface area contributed by atoms with Crippen molar-refractivity contribution in [2.45, 2.75) is 11.8 Å². The molecule has 0 aliphatic carbocycles. The second-order valence-electron chi connectivity index (χ2n) is 5.41. The normalized spacial score (nSPS) is 12.0. The van der Waals surface area contributed by atoms with Crippen molar-refractivity contribution in [1.29, 1.82) is 0 Å². The van der Waals surface area contributed by atoms with Gasteiger partial charge >= 0.3 is 170 Å². The summed E-state index contributed by atoms with van der Waals surface area (Å²) >= 11 is -0.763. The van der Waals surface area contributed by atoms with Gasteiger partial charge in [-0.05, 0) is 0 Å². The van der Waals surface area contributed by atoms with Gasteiger partial charge in [0.05, 0.1) is 0 Å². The van der Waals surface area contributed by atoms with Crippen molar-refractivity contribution < 1.29 is 31.7 Å². The number of hydrogen-bond acceptors (Lipinski definition) is 7. The van der Waals surface area contributed by atoms with E-state index in [1.807, 2.05) is 0 Å². The van der Waals surface area contributed by atoms with Crippen molar-refractivity contribution in [3.8, 4) is 0 Å². The molecule has 2 aromatic carbocycles. The number of carbonyl (C=O) groups excluding carboxylic acids is 2. The number of benzene rings is 2. The molecule has 0 bridgehead atoms. The molecule has 0 radical (unpaired) electrons. The predicted molar refractivity (Wildman–Crippen MR) is 102 cm³/mol. The van der Waals surface area contributed by atoms with E-state index in [4.69, 9.17) is 8.92 Å². The summed E-state index contributed by atoms with van der Waals surface area (Å²) in [6.45, 7) is 1.80. The third kappa shape index (κ3) is 5.45. The van der Waals surface area contributed by atoms with Crippen LogP contribution in [0.15, 0.2) is 69.7 Å². The Morgan fingerprint density at radius 2 is 1.43 bits per heavy atom. The van der Waals surface area contributed by atoms with E-state index in [1.54, 1.807) is 49.4 Å². The van der Waals surface area contributed by atoms with E-state index in [1.165, 1.54) is 12.1 Å². The summed E-state index contributed by atoms with van der Waals surface area (Å²) in [6, 6.07) is 14.7. The van der Waals surface area contributed by atoms with Gasteiger partial charge in [0.15, 0.2) is 0 Å². The van der Waals surface area contributed by atoms with E-state index in [0.29, 0.717) is 4.46 Å². The quantitative estimate of drug-likeness (QED) is 0.198. The van der Waals surface area contributed by atoms with Gasteiger partial charge in [0.1, 0.15) is 0 Å². The van der Waals surface area contributed by atoms with Gasteiger partial charge in [-0.2, -0.15) is 0 Å². The molecule has 0 fully saturated rings. The predicted octanol–water partition coefficient (Wildman–Crippen LogP) is 1.29. The maximum absolute atomic E-state index is 12.6. The second kappa shape index (κ2) is 9.54. The summed E-state index contributed by atoms with van der Waals surface area (Å²) in [5, 5.41) is 0. The van der Waals surface area contributed by atoms with Gasteiger partial charge in [-0.15, -0.1) is 0 Å². The third-order valence-electron chi connectivity index (χ3n) is 3.41. The molecule has 148 valence electrons. The van der Waals surface area contributed by atoms with Crippen molar-refractivity contribution in [3.05, 3.63) is 70.4 Å². The Morgan fingerprint density at radius 1 is 0.857 bits per heavy atom. The standard InChI is InChI=1S/C19H18O7SSe/c1-13-9-11-14(12-10-13)27(22,23)26-16(18(20)24-2)17(19(21)25-3)28-15-7-5-4-6-8-15/h4-12H,1-3H3/b17-16+. The number of esters is 2. The van der Waals surface area contributed by atoms with E-state index >= 15 is 0 Å². The number of ether oxygens (including phenoxy) is 2. The number of methoxy groups -OCH3 is 2. The van der Waals surface area contributed by atoms with Gasteiger partial charge < -0.3 is 0 Å². The molecule has 0 atom stereocenters. The molecule has 0 saturated carbocycles. The van der Waals surface area contributed by atoms with Crippen LogP contribution in [-0.4, -0.2) is 49.5 Å². The molecule has 0 saturated heterocycles. The van der Waals surface area contributed by atoms with Crippen LogP contribution in [0.25, 0.3) is 0 Å². The van der Waals surface area contributed by atoms with Crippen LogP contribution < -0.4 is 4.46 Å². The molecule has 0 N–H and O–H groups in total. The Labute approximate surface area is 169 Å². The van der Waals surface area contributed by atoms with Crippen molar-refractivity contribution in [1.82, 2.24) is 0 Å². The molecule has 0 heterocycles. The summed E-state index contributed by atoms with van der Waals surface area (Å²) in [5.74, 6) is -2.67. The first kappa shape index (κ1) is 21.7. The SMILES string of the molecule is COC(=O)/C(OS(=O)(=O)c1ccc(C)cc1)=C(\[Se]c1ccccc1)C(=O)OC. The first-order chi connectivity index (χ1) is 13.3. The Bertz CT molecular complexity index is 981. The van der Waals surface area contributed by atoms with Gasteiger partial charge in [-0.1, -0.05) is 0 Å². The van der Waals surface area contributed by atoms with Crippen LogP contribution in [-0.2, 0) is 33.4 Å². The molecule has 0 amide bonds. The fourth-order valence-corrected chi connectivity index (χ4v) is 4.97. The molecule has 2 rings (SSSR count). The second-order valence-corrected chi connectivity index (χ2v) is 9.23. The Hall–Kier alpha value is -2.61. The zero-order chi connectivity index (χ0) is 20.7. The van der Waals surface area contributed by atoms with Crippen molar-refractivity contribution in [3.63, 3.8) is 0 Å². The number of hydrogen-bond donors (Lipinski definition) is 0. The Balaban J connectivity index is 2.54. The molecular weight excluding hydrogens is 451 g/mol. The molecule has 0 aliphatic rings. The minimum atomic E-state index is -4.37. The summed E-state index contributed by atoms with van der Waals surface area (Å²) in [4.78, 5) is 24.4. The maximum atomic E-state index is 12.6. The summed E-state index contributed by atoms with van der Waals surface area (Å²) < 4.78 is 40.2. The molecule has 0 aliphatic heterocycles. The monoisotopic (exact) mass is 470 g/mol. The third-order valence-corrected chi connectivity index (χ3v) is 6.88. The molecule has 9 heteroatoms. The zero-order valence-corrected chi connectivity index (χ0v) is 17.9. The van der Waals surface area contributed by atoms with Crippen molar-refractivity contribution in [2.75, 3.05) is 14.2 Å². The number of rotatable bonds is 7. The molecule has 2 aromatic rings. The van der Waals surface area contributed by atoms with Crippen LogP contribution in [0.5, 0.6) is 0 Å². The first-order valence-corrected chi connectivity index (χ1v) is 11.1. The molecule has 28 heavy (non-hydrogen) atoms. The fraction of sp³-hybridized carbons (Fsp3) is 0.158. The molecular formula is C19H18O7SSe. The van der Waals surface area contributed by atoms with Crippen molar-refractivity contribution in [2.24, 2.45) is 0 Å². The molecule has 0 aromatic heterocycles. The van der Waals surface area contributed by atoms with Crippen LogP contribution in [0.4, 0.5) is 0 Å². The summed E-state index contributed by atoms with van der Waals surface area (Å²) in [7, 11) is -2.17. The van der Waals surface area contributed by atoms with E-state index in [9.17, 15) is 18.0 Å². The van der Waals surface area contributed by atoms with E-state index < -0.39 is 42.8 Å². The number of carbonyl (C=O) groups is 2. The summed E-state index contributed by atoms with van der Waals surface area (Å²) in [5.41, 5.74) is 0.852. The van der Waals surface area contributed by atoms with Crippen LogP contribution in [0.3, 0.4) is 0 Å². The fourth-order valence-electron chi connectivity index (χ4n) is 2.00. The topological polar surface area (TPSA) is 96.0 Å². The van der Waals surface area contributed by atoms with Crippen LogP contribution in [0, 0.1) is 6.92 Å². The van der Waals surface area contributed by atoms with E-state index in [0.717, 1.165) is 19.8 Å². The number of aryl methyl sites for hydroxylation is 1. The average Bonchev–Trinajstić information content (AvgIpc) is 2.70. The Morgan fingerprint density at radius 3 is 1.96 bits per heavy atom. The van der Waals surface area contributed by atoms with Gasteiger partial charge in [-0.3, -0.25) is 0 Å². The van der Waals surface area contributed by atoms with Gasteiger partial charge in [0.25, 0.3) is 0 Å². The van der Waals surface area contributed by atoms with E-state index in [2.05, 4.69) is 4.74 Å². The average molecular weight is 469 g/mol. The van der Waals surface area contributed by atoms with E-state index in [-0.39, 0.29) is 9.37 Å². The van der Waals surface area contributed by atoms with Crippen molar-refractivity contribution >= 4 is 41.5 Å². The van der Waals surface area contributed by atoms with Gasteiger partial charge in [0.2, 0.25) is 0 Å².